The van der Waals surface area contributed by atoms with Gasteiger partial charge in [0.05, 0.1) is 6.04 Å². The molecule has 0 aromatic rings. The Morgan fingerprint density at radius 3 is 2.87 bits per heavy atom. The van der Waals surface area contributed by atoms with Gasteiger partial charge in [-0.2, -0.15) is 0 Å². The number of carbonyl (C=O) groups is 1. The number of rotatable bonds is 4. The average molecular weight is 210 g/mol. The van der Waals surface area contributed by atoms with Crippen molar-refractivity contribution in [3.05, 3.63) is 12.7 Å². The van der Waals surface area contributed by atoms with Crippen LogP contribution in [0.4, 0.5) is 0 Å². The number of carbonyl (C=O) groups excluding carboxylic acids is 1. The van der Waals surface area contributed by atoms with Gasteiger partial charge >= 0.3 is 0 Å². The quantitative estimate of drug-likeness (QED) is 0.692. The molecule has 2 unspecified atom stereocenters. The van der Waals surface area contributed by atoms with E-state index < -0.39 is 6.04 Å². The SMILES string of the molecule is C=CCC(N)C(=O)NC1CCC(C)(C)C1. The van der Waals surface area contributed by atoms with Crippen molar-refractivity contribution < 1.29 is 4.79 Å². The first kappa shape index (κ1) is 12.2. The van der Waals surface area contributed by atoms with Crippen LogP contribution in [0.2, 0.25) is 0 Å². The highest BCUT2D eigenvalue weighted by Gasteiger charge is 2.32. The summed E-state index contributed by atoms with van der Waals surface area (Å²) in [6, 6.07) is -0.130. The molecular weight excluding hydrogens is 188 g/mol. The molecule has 3 heteroatoms. The van der Waals surface area contributed by atoms with E-state index in [0.717, 1.165) is 12.8 Å². The van der Waals surface area contributed by atoms with E-state index in [1.165, 1.54) is 6.42 Å². The molecule has 1 saturated carbocycles. The van der Waals surface area contributed by atoms with Crippen molar-refractivity contribution in [3.8, 4) is 0 Å². The fraction of sp³-hybridized carbons (Fsp3) is 0.750. The first-order valence-corrected chi connectivity index (χ1v) is 5.61. The second-order valence-corrected chi connectivity index (χ2v) is 5.24. The van der Waals surface area contributed by atoms with E-state index in [0.29, 0.717) is 17.9 Å². The van der Waals surface area contributed by atoms with Crippen molar-refractivity contribution in [1.82, 2.24) is 5.32 Å². The van der Waals surface area contributed by atoms with E-state index in [-0.39, 0.29) is 5.91 Å². The Hall–Kier alpha value is -0.830. The van der Waals surface area contributed by atoms with Crippen LogP contribution in [0.1, 0.15) is 39.5 Å². The molecule has 15 heavy (non-hydrogen) atoms. The standard InChI is InChI=1S/C12H22N2O/c1-4-5-10(13)11(15)14-9-6-7-12(2,3)8-9/h4,9-10H,1,5-8,13H2,2-3H3,(H,14,15). The normalized spacial score (nSPS) is 25.9. The maximum Gasteiger partial charge on any atom is 0.237 e. The molecule has 0 spiro atoms. The molecule has 0 aromatic carbocycles. The van der Waals surface area contributed by atoms with E-state index in [9.17, 15) is 4.79 Å². The van der Waals surface area contributed by atoms with Gasteiger partial charge in [0, 0.05) is 6.04 Å². The Kier molecular flexibility index (Phi) is 3.91. The molecular formula is C12H22N2O. The fourth-order valence-corrected chi connectivity index (χ4v) is 2.15. The van der Waals surface area contributed by atoms with Crippen molar-refractivity contribution >= 4 is 5.91 Å². The average Bonchev–Trinajstić information content (AvgIpc) is 2.46. The highest BCUT2D eigenvalue weighted by molar-refractivity contribution is 5.81. The zero-order valence-electron chi connectivity index (χ0n) is 9.75. The van der Waals surface area contributed by atoms with Gasteiger partial charge in [0.15, 0.2) is 0 Å². The molecule has 3 nitrogen and oxygen atoms in total. The van der Waals surface area contributed by atoms with Gasteiger partial charge in [-0.3, -0.25) is 4.79 Å². The number of amides is 1. The summed E-state index contributed by atoms with van der Waals surface area (Å²) >= 11 is 0. The van der Waals surface area contributed by atoms with Gasteiger partial charge in [0.2, 0.25) is 5.91 Å². The predicted octanol–water partition coefficient (Wildman–Crippen LogP) is 1.58. The monoisotopic (exact) mass is 210 g/mol. The molecule has 0 saturated heterocycles. The van der Waals surface area contributed by atoms with Crippen molar-refractivity contribution in [3.63, 3.8) is 0 Å². The topological polar surface area (TPSA) is 55.1 Å². The number of nitrogens with one attached hydrogen (secondary N) is 1. The highest BCUT2D eigenvalue weighted by atomic mass is 16.2. The summed E-state index contributed by atoms with van der Waals surface area (Å²) in [6.07, 6.45) is 5.53. The molecule has 1 aliphatic carbocycles. The summed E-state index contributed by atoms with van der Waals surface area (Å²) in [5.74, 6) is -0.0439. The van der Waals surface area contributed by atoms with Crippen LogP contribution in [0.15, 0.2) is 12.7 Å². The van der Waals surface area contributed by atoms with Crippen LogP contribution in [-0.4, -0.2) is 18.0 Å². The summed E-state index contributed by atoms with van der Waals surface area (Å²) in [7, 11) is 0. The molecule has 0 radical (unpaired) electrons. The van der Waals surface area contributed by atoms with E-state index in [2.05, 4.69) is 25.7 Å². The van der Waals surface area contributed by atoms with Gasteiger partial charge in [-0.1, -0.05) is 19.9 Å². The molecule has 0 aliphatic heterocycles. The zero-order chi connectivity index (χ0) is 11.5. The molecule has 1 aliphatic rings. The lowest BCUT2D eigenvalue weighted by Gasteiger charge is -2.19. The molecule has 1 amide bonds. The smallest absolute Gasteiger partial charge is 0.237 e. The van der Waals surface area contributed by atoms with Gasteiger partial charge < -0.3 is 11.1 Å². The third kappa shape index (κ3) is 3.67. The minimum Gasteiger partial charge on any atom is -0.352 e. The van der Waals surface area contributed by atoms with Crippen LogP contribution >= 0.6 is 0 Å². The van der Waals surface area contributed by atoms with Crippen LogP contribution in [-0.2, 0) is 4.79 Å². The first-order chi connectivity index (χ1) is 6.94. The van der Waals surface area contributed by atoms with Crippen LogP contribution in [0, 0.1) is 5.41 Å². The summed E-state index contributed by atoms with van der Waals surface area (Å²) in [5.41, 5.74) is 6.05. The van der Waals surface area contributed by atoms with Crippen LogP contribution < -0.4 is 11.1 Å². The highest BCUT2D eigenvalue weighted by Crippen LogP contribution is 2.36. The Bertz CT molecular complexity index is 248. The molecule has 1 fully saturated rings. The summed E-state index contributed by atoms with van der Waals surface area (Å²) < 4.78 is 0. The third-order valence-corrected chi connectivity index (χ3v) is 3.07. The van der Waals surface area contributed by atoms with Gasteiger partial charge in [-0.15, -0.1) is 6.58 Å². The van der Waals surface area contributed by atoms with Crippen molar-refractivity contribution in [2.75, 3.05) is 0 Å². The van der Waals surface area contributed by atoms with Crippen molar-refractivity contribution in [1.29, 1.82) is 0 Å². The largest absolute Gasteiger partial charge is 0.352 e. The molecule has 86 valence electrons. The second kappa shape index (κ2) is 4.79. The van der Waals surface area contributed by atoms with Gasteiger partial charge in [0.1, 0.15) is 0 Å². The second-order valence-electron chi connectivity index (χ2n) is 5.24. The minimum absolute atomic E-state index is 0.0439. The van der Waals surface area contributed by atoms with Crippen molar-refractivity contribution in [2.45, 2.75) is 51.6 Å². The van der Waals surface area contributed by atoms with Crippen molar-refractivity contribution in [2.24, 2.45) is 11.1 Å². The van der Waals surface area contributed by atoms with Gasteiger partial charge in [-0.25, -0.2) is 0 Å². The van der Waals surface area contributed by atoms with Gasteiger partial charge in [0.25, 0.3) is 0 Å². The molecule has 1 rings (SSSR count). The Morgan fingerprint density at radius 1 is 1.73 bits per heavy atom. The summed E-state index contributed by atoms with van der Waals surface area (Å²) in [5, 5.41) is 3.01. The van der Waals surface area contributed by atoms with E-state index in [1.807, 2.05) is 0 Å². The number of nitrogens with two attached hydrogens (primary N) is 1. The lowest BCUT2D eigenvalue weighted by Crippen LogP contribution is -2.44. The van der Waals surface area contributed by atoms with Crippen LogP contribution in [0.25, 0.3) is 0 Å². The van der Waals surface area contributed by atoms with Crippen LogP contribution in [0.3, 0.4) is 0 Å². The number of hydrogen-bond donors (Lipinski definition) is 2. The maximum absolute atomic E-state index is 11.6. The molecule has 3 N–H and O–H groups in total. The lowest BCUT2D eigenvalue weighted by atomic mass is 9.92. The molecule has 0 heterocycles. The molecule has 0 aromatic heterocycles. The zero-order valence-corrected chi connectivity index (χ0v) is 9.75. The minimum atomic E-state index is -0.439. The van der Waals surface area contributed by atoms with E-state index in [1.54, 1.807) is 6.08 Å². The fourth-order valence-electron chi connectivity index (χ4n) is 2.15. The van der Waals surface area contributed by atoms with E-state index in [4.69, 9.17) is 5.73 Å². The predicted molar refractivity (Wildman–Crippen MR) is 62.4 cm³/mol. The van der Waals surface area contributed by atoms with Gasteiger partial charge in [-0.05, 0) is 31.1 Å². The lowest BCUT2D eigenvalue weighted by molar-refractivity contribution is -0.123. The molecule has 0 bridgehead atoms. The Labute approximate surface area is 92.1 Å². The number of hydrogen-bond acceptors (Lipinski definition) is 2. The van der Waals surface area contributed by atoms with E-state index >= 15 is 0 Å². The molecule has 2 atom stereocenters. The first-order valence-electron chi connectivity index (χ1n) is 5.61. The van der Waals surface area contributed by atoms with Crippen LogP contribution in [0.5, 0.6) is 0 Å². The Balaban J connectivity index is 2.36. The Morgan fingerprint density at radius 2 is 2.40 bits per heavy atom. The third-order valence-electron chi connectivity index (χ3n) is 3.07. The summed E-state index contributed by atoms with van der Waals surface area (Å²) in [6.45, 7) is 8.06. The summed E-state index contributed by atoms with van der Waals surface area (Å²) in [4.78, 5) is 11.6. The maximum atomic E-state index is 11.6.